The molecule has 2 aliphatic rings. The van der Waals surface area contributed by atoms with Gasteiger partial charge in [-0.15, -0.1) is 5.10 Å². The SMILES string of the molecule is COCCCN1CC2(CCC1=O)CCN(Cc1nc3ncccn3n1)CC2. The Hall–Kier alpha value is -2.06. The van der Waals surface area contributed by atoms with E-state index in [9.17, 15) is 4.79 Å². The first-order chi connectivity index (χ1) is 13.2. The number of rotatable bonds is 6. The maximum Gasteiger partial charge on any atom is 0.252 e. The van der Waals surface area contributed by atoms with Crippen LogP contribution in [0.1, 0.15) is 37.9 Å². The van der Waals surface area contributed by atoms with Crippen molar-refractivity contribution in [1.82, 2.24) is 29.4 Å². The van der Waals surface area contributed by atoms with Crippen LogP contribution < -0.4 is 0 Å². The van der Waals surface area contributed by atoms with Crippen molar-refractivity contribution in [2.75, 3.05) is 39.9 Å². The molecule has 0 N–H and O–H groups in total. The minimum atomic E-state index is 0.283. The summed E-state index contributed by atoms with van der Waals surface area (Å²) in [6.45, 7) is 5.25. The van der Waals surface area contributed by atoms with E-state index >= 15 is 0 Å². The molecule has 0 atom stereocenters. The Morgan fingerprint density at radius 1 is 1.26 bits per heavy atom. The van der Waals surface area contributed by atoms with Crippen molar-refractivity contribution in [2.45, 2.75) is 38.6 Å². The number of amides is 1. The van der Waals surface area contributed by atoms with Crippen molar-refractivity contribution < 1.29 is 9.53 Å². The summed E-state index contributed by atoms with van der Waals surface area (Å²) in [6, 6.07) is 1.86. The van der Waals surface area contributed by atoms with Crippen LogP contribution in [0.3, 0.4) is 0 Å². The molecule has 4 rings (SSSR count). The van der Waals surface area contributed by atoms with E-state index in [4.69, 9.17) is 4.74 Å². The van der Waals surface area contributed by atoms with Gasteiger partial charge in [0.15, 0.2) is 5.82 Å². The number of hydrogen-bond acceptors (Lipinski definition) is 6. The average Bonchev–Trinajstić information content (AvgIpc) is 3.09. The monoisotopic (exact) mass is 372 g/mol. The van der Waals surface area contributed by atoms with E-state index in [0.717, 1.165) is 64.2 Å². The van der Waals surface area contributed by atoms with Gasteiger partial charge in [-0.1, -0.05) is 0 Å². The fourth-order valence-electron chi connectivity index (χ4n) is 4.34. The number of carbonyl (C=O) groups is 1. The van der Waals surface area contributed by atoms with Crippen molar-refractivity contribution in [3.8, 4) is 0 Å². The highest BCUT2D eigenvalue weighted by molar-refractivity contribution is 5.77. The molecule has 4 heterocycles. The lowest BCUT2D eigenvalue weighted by molar-refractivity contribution is -0.139. The van der Waals surface area contributed by atoms with Gasteiger partial charge < -0.3 is 9.64 Å². The number of ether oxygens (including phenoxy) is 1. The van der Waals surface area contributed by atoms with E-state index in [1.807, 2.05) is 12.3 Å². The highest BCUT2D eigenvalue weighted by Gasteiger charge is 2.40. The highest BCUT2D eigenvalue weighted by atomic mass is 16.5. The van der Waals surface area contributed by atoms with Gasteiger partial charge in [0.2, 0.25) is 5.91 Å². The number of methoxy groups -OCH3 is 1. The second-order valence-electron chi connectivity index (χ2n) is 7.83. The topological polar surface area (TPSA) is 75.9 Å². The largest absolute Gasteiger partial charge is 0.385 e. The summed E-state index contributed by atoms with van der Waals surface area (Å²) in [6.07, 6.45) is 8.50. The third-order valence-corrected chi connectivity index (χ3v) is 5.97. The molecule has 2 saturated heterocycles. The molecular formula is C19H28N6O2. The Balaban J connectivity index is 1.33. The van der Waals surface area contributed by atoms with Gasteiger partial charge in [-0.25, -0.2) is 9.50 Å². The van der Waals surface area contributed by atoms with E-state index in [0.29, 0.717) is 24.7 Å². The standard InChI is InChI=1S/C19H28N6O2/c1-27-13-3-9-24-15-19(5-4-17(24)26)6-11-23(12-7-19)14-16-21-18-20-8-2-10-25(18)22-16/h2,8,10H,3-7,9,11-15H2,1H3. The maximum atomic E-state index is 12.3. The fraction of sp³-hybridized carbons (Fsp3) is 0.684. The van der Waals surface area contributed by atoms with E-state index < -0.39 is 0 Å². The van der Waals surface area contributed by atoms with Crippen LogP contribution in [-0.2, 0) is 16.1 Å². The Labute approximate surface area is 159 Å². The molecule has 1 spiro atoms. The average molecular weight is 372 g/mol. The van der Waals surface area contributed by atoms with Gasteiger partial charge in [-0.3, -0.25) is 9.69 Å². The van der Waals surface area contributed by atoms with Crippen LogP contribution in [0, 0.1) is 5.41 Å². The number of likely N-dealkylation sites (tertiary alicyclic amines) is 2. The molecule has 2 fully saturated rings. The van der Waals surface area contributed by atoms with E-state index in [2.05, 4.69) is 24.9 Å². The molecule has 146 valence electrons. The zero-order chi connectivity index (χ0) is 18.7. The number of aromatic nitrogens is 4. The molecule has 0 saturated carbocycles. The van der Waals surface area contributed by atoms with E-state index in [-0.39, 0.29) is 5.41 Å². The molecule has 27 heavy (non-hydrogen) atoms. The Kier molecular flexibility index (Phi) is 5.36. The molecule has 0 unspecified atom stereocenters. The second-order valence-corrected chi connectivity index (χ2v) is 7.83. The number of fused-ring (bicyclic) bond motifs is 1. The van der Waals surface area contributed by atoms with E-state index in [1.165, 1.54) is 0 Å². The normalized spacial score (nSPS) is 20.6. The minimum absolute atomic E-state index is 0.283. The van der Waals surface area contributed by atoms with Gasteiger partial charge >= 0.3 is 0 Å². The number of hydrogen-bond donors (Lipinski definition) is 0. The summed E-state index contributed by atoms with van der Waals surface area (Å²) in [5.74, 6) is 1.78. The molecule has 8 nitrogen and oxygen atoms in total. The van der Waals surface area contributed by atoms with Crippen molar-refractivity contribution in [3.05, 3.63) is 24.3 Å². The number of carbonyl (C=O) groups excluding carboxylic acids is 1. The molecule has 8 heteroatoms. The lowest BCUT2D eigenvalue weighted by Gasteiger charge is -2.47. The van der Waals surface area contributed by atoms with Gasteiger partial charge in [-0.2, -0.15) is 4.98 Å². The first-order valence-corrected chi connectivity index (χ1v) is 9.83. The first kappa shape index (κ1) is 18.3. The molecule has 1 amide bonds. The summed E-state index contributed by atoms with van der Waals surface area (Å²) >= 11 is 0. The van der Waals surface area contributed by atoms with Crippen LogP contribution in [0.15, 0.2) is 18.5 Å². The predicted molar refractivity (Wildman–Crippen MR) is 100 cm³/mol. The Morgan fingerprint density at radius 2 is 2.11 bits per heavy atom. The van der Waals surface area contributed by atoms with Crippen molar-refractivity contribution in [1.29, 1.82) is 0 Å². The maximum absolute atomic E-state index is 12.3. The first-order valence-electron chi connectivity index (χ1n) is 9.83. The minimum Gasteiger partial charge on any atom is -0.385 e. The fourth-order valence-corrected chi connectivity index (χ4v) is 4.34. The van der Waals surface area contributed by atoms with Gasteiger partial charge in [0, 0.05) is 45.6 Å². The third kappa shape index (κ3) is 4.11. The van der Waals surface area contributed by atoms with Gasteiger partial charge in [0.25, 0.3) is 5.78 Å². The van der Waals surface area contributed by atoms with Crippen molar-refractivity contribution in [3.63, 3.8) is 0 Å². The molecule has 2 aromatic heterocycles. The highest BCUT2D eigenvalue weighted by Crippen LogP contribution is 2.40. The van der Waals surface area contributed by atoms with Crippen LogP contribution in [0.5, 0.6) is 0 Å². The molecule has 0 radical (unpaired) electrons. The molecule has 2 aromatic rings. The van der Waals surface area contributed by atoms with Crippen LogP contribution >= 0.6 is 0 Å². The van der Waals surface area contributed by atoms with Crippen LogP contribution in [0.25, 0.3) is 5.78 Å². The Bertz CT molecular complexity index is 750. The van der Waals surface area contributed by atoms with Gasteiger partial charge in [0.05, 0.1) is 6.54 Å². The van der Waals surface area contributed by atoms with Crippen molar-refractivity contribution >= 4 is 11.7 Å². The summed E-state index contributed by atoms with van der Waals surface area (Å²) in [7, 11) is 1.71. The summed E-state index contributed by atoms with van der Waals surface area (Å²) in [5.41, 5.74) is 0.283. The summed E-state index contributed by atoms with van der Waals surface area (Å²) in [5, 5.41) is 4.51. The molecular weight excluding hydrogens is 344 g/mol. The van der Waals surface area contributed by atoms with Gasteiger partial charge in [-0.05, 0) is 50.3 Å². The summed E-state index contributed by atoms with van der Waals surface area (Å²) in [4.78, 5) is 25.5. The zero-order valence-corrected chi connectivity index (χ0v) is 16.0. The van der Waals surface area contributed by atoms with E-state index in [1.54, 1.807) is 17.8 Å². The third-order valence-electron chi connectivity index (χ3n) is 5.97. The Morgan fingerprint density at radius 3 is 2.89 bits per heavy atom. The molecule has 0 bridgehead atoms. The van der Waals surface area contributed by atoms with Crippen LogP contribution in [0.4, 0.5) is 0 Å². The molecule has 2 aliphatic heterocycles. The van der Waals surface area contributed by atoms with Crippen molar-refractivity contribution in [2.24, 2.45) is 5.41 Å². The zero-order valence-electron chi connectivity index (χ0n) is 16.0. The predicted octanol–water partition coefficient (Wildman–Crippen LogP) is 1.37. The molecule has 0 aromatic carbocycles. The van der Waals surface area contributed by atoms with Crippen LogP contribution in [-0.4, -0.2) is 75.2 Å². The van der Waals surface area contributed by atoms with Crippen LogP contribution in [0.2, 0.25) is 0 Å². The summed E-state index contributed by atoms with van der Waals surface area (Å²) < 4.78 is 6.86. The second kappa shape index (κ2) is 7.90. The number of nitrogens with zero attached hydrogens (tertiary/aromatic N) is 6. The van der Waals surface area contributed by atoms with Gasteiger partial charge in [0.1, 0.15) is 0 Å². The molecule has 0 aliphatic carbocycles. The lowest BCUT2D eigenvalue weighted by atomic mass is 9.72. The number of piperidine rings is 2. The smallest absolute Gasteiger partial charge is 0.252 e. The quantitative estimate of drug-likeness (QED) is 0.713. The lowest BCUT2D eigenvalue weighted by Crippen LogP contribution is -2.51.